The summed E-state index contributed by atoms with van der Waals surface area (Å²) in [5, 5.41) is 3.37. The Bertz CT molecular complexity index is 616. The Balaban J connectivity index is 2.19. The molecule has 0 heterocycles. The minimum Gasteiger partial charge on any atom is -0.497 e. The van der Waals surface area contributed by atoms with Crippen molar-refractivity contribution in [1.82, 2.24) is 0 Å². The van der Waals surface area contributed by atoms with E-state index in [0.29, 0.717) is 6.54 Å². The van der Waals surface area contributed by atoms with Gasteiger partial charge in [-0.2, -0.15) is 0 Å². The fourth-order valence-electron chi connectivity index (χ4n) is 1.98. The van der Waals surface area contributed by atoms with Crippen LogP contribution < -0.4 is 19.5 Å². The van der Waals surface area contributed by atoms with E-state index in [-0.39, 0.29) is 0 Å². The average Bonchev–Trinajstić information content (AvgIpc) is 2.53. The fraction of sp³-hybridized carbons (Fsp3) is 0.250. The van der Waals surface area contributed by atoms with E-state index in [9.17, 15) is 0 Å². The number of halogens is 1. The van der Waals surface area contributed by atoms with Crippen LogP contribution in [0.1, 0.15) is 5.56 Å². The Labute approximate surface area is 133 Å². The van der Waals surface area contributed by atoms with Crippen molar-refractivity contribution in [3.63, 3.8) is 0 Å². The smallest absolute Gasteiger partial charge is 0.124 e. The van der Waals surface area contributed by atoms with Crippen LogP contribution in [-0.4, -0.2) is 21.3 Å². The summed E-state index contributed by atoms with van der Waals surface area (Å²) in [7, 11) is 4.96. The van der Waals surface area contributed by atoms with Gasteiger partial charge in [-0.05, 0) is 46.3 Å². The van der Waals surface area contributed by atoms with Gasteiger partial charge in [0.15, 0.2) is 0 Å². The Kier molecular flexibility index (Phi) is 5.33. The van der Waals surface area contributed by atoms with E-state index in [2.05, 4.69) is 21.2 Å². The monoisotopic (exact) mass is 351 g/mol. The minimum atomic E-state index is 0.617. The SMILES string of the molecule is COc1ccc(OC)c(CNc2cc(OC)ccc2Br)c1. The van der Waals surface area contributed by atoms with Crippen molar-refractivity contribution >= 4 is 21.6 Å². The zero-order valence-electron chi connectivity index (χ0n) is 12.3. The highest BCUT2D eigenvalue weighted by Gasteiger charge is 2.07. The molecule has 0 amide bonds. The molecule has 21 heavy (non-hydrogen) atoms. The molecule has 4 nitrogen and oxygen atoms in total. The molecule has 0 spiro atoms. The van der Waals surface area contributed by atoms with E-state index in [4.69, 9.17) is 14.2 Å². The third kappa shape index (κ3) is 3.82. The third-order valence-electron chi connectivity index (χ3n) is 3.13. The van der Waals surface area contributed by atoms with Crippen LogP contribution in [0.15, 0.2) is 40.9 Å². The number of hydrogen-bond acceptors (Lipinski definition) is 4. The summed E-state index contributed by atoms with van der Waals surface area (Å²) >= 11 is 3.52. The minimum absolute atomic E-state index is 0.617. The van der Waals surface area contributed by atoms with E-state index in [1.165, 1.54) is 0 Å². The molecule has 2 rings (SSSR count). The molecule has 1 N–H and O–H groups in total. The van der Waals surface area contributed by atoms with Crippen LogP contribution in [0.4, 0.5) is 5.69 Å². The molecule has 0 unspecified atom stereocenters. The van der Waals surface area contributed by atoms with E-state index in [0.717, 1.165) is 33.0 Å². The van der Waals surface area contributed by atoms with Crippen molar-refractivity contribution in [3.8, 4) is 17.2 Å². The topological polar surface area (TPSA) is 39.7 Å². The highest BCUT2D eigenvalue weighted by molar-refractivity contribution is 9.10. The molecule has 0 saturated heterocycles. The number of nitrogens with one attached hydrogen (secondary N) is 1. The van der Waals surface area contributed by atoms with Crippen molar-refractivity contribution in [1.29, 1.82) is 0 Å². The van der Waals surface area contributed by atoms with Gasteiger partial charge >= 0.3 is 0 Å². The van der Waals surface area contributed by atoms with E-state index < -0.39 is 0 Å². The zero-order valence-corrected chi connectivity index (χ0v) is 13.9. The lowest BCUT2D eigenvalue weighted by Gasteiger charge is -2.13. The lowest BCUT2D eigenvalue weighted by molar-refractivity contribution is 0.399. The number of rotatable bonds is 6. The van der Waals surface area contributed by atoms with Crippen molar-refractivity contribution in [2.75, 3.05) is 26.6 Å². The molecule has 0 aliphatic heterocycles. The molecular weight excluding hydrogens is 334 g/mol. The number of anilines is 1. The van der Waals surface area contributed by atoms with Crippen LogP contribution in [0.2, 0.25) is 0 Å². The second-order valence-corrected chi connectivity index (χ2v) is 5.23. The Morgan fingerprint density at radius 2 is 1.57 bits per heavy atom. The van der Waals surface area contributed by atoms with Gasteiger partial charge in [-0.3, -0.25) is 0 Å². The molecule has 0 radical (unpaired) electrons. The summed E-state index contributed by atoms with van der Waals surface area (Å²) < 4.78 is 16.8. The molecule has 5 heteroatoms. The molecule has 0 bridgehead atoms. The number of hydrogen-bond donors (Lipinski definition) is 1. The van der Waals surface area contributed by atoms with Gasteiger partial charge < -0.3 is 19.5 Å². The molecule has 0 fully saturated rings. The van der Waals surface area contributed by atoms with Gasteiger partial charge in [-0.1, -0.05) is 0 Å². The van der Waals surface area contributed by atoms with Gasteiger partial charge in [0.05, 0.1) is 27.0 Å². The molecule has 2 aromatic carbocycles. The standard InChI is InChI=1S/C16H18BrNO3/c1-19-12-5-7-16(21-3)11(8-12)10-18-15-9-13(20-2)4-6-14(15)17/h4-9,18H,10H2,1-3H3. The predicted octanol–water partition coefficient (Wildman–Crippen LogP) is 4.09. The summed E-state index contributed by atoms with van der Waals surface area (Å²) in [6.45, 7) is 0.617. The lowest BCUT2D eigenvalue weighted by Crippen LogP contribution is -2.03. The van der Waals surface area contributed by atoms with E-state index in [1.54, 1.807) is 21.3 Å². The van der Waals surface area contributed by atoms with Gasteiger partial charge in [0.25, 0.3) is 0 Å². The quantitative estimate of drug-likeness (QED) is 0.850. The predicted molar refractivity (Wildman–Crippen MR) is 87.6 cm³/mol. The van der Waals surface area contributed by atoms with Crippen molar-refractivity contribution in [2.24, 2.45) is 0 Å². The third-order valence-corrected chi connectivity index (χ3v) is 3.82. The normalized spacial score (nSPS) is 10.1. The van der Waals surface area contributed by atoms with Crippen LogP contribution >= 0.6 is 15.9 Å². The van der Waals surface area contributed by atoms with Gasteiger partial charge in [-0.25, -0.2) is 0 Å². The Morgan fingerprint density at radius 1 is 0.905 bits per heavy atom. The molecule has 2 aromatic rings. The maximum absolute atomic E-state index is 5.38. The van der Waals surface area contributed by atoms with E-state index in [1.807, 2.05) is 36.4 Å². The molecular formula is C16H18BrNO3. The average molecular weight is 352 g/mol. The van der Waals surface area contributed by atoms with E-state index >= 15 is 0 Å². The molecule has 112 valence electrons. The molecule has 0 saturated carbocycles. The van der Waals surface area contributed by atoms with Gasteiger partial charge in [0.1, 0.15) is 17.2 Å². The summed E-state index contributed by atoms with van der Waals surface area (Å²) in [6, 6.07) is 11.5. The van der Waals surface area contributed by atoms with Crippen molar-refractivity contribution < 1.29 is 14.2 Å². The summed E-state index contributed by atoms with van der Waals surface area (Å²) in [5.41, 5.74) is 1.98. The zero-order chi connectivity index (χ0) is 15.2. The summed E-state index contributed by atoms with van der Waals surface area (Å²) in [6.07, 6.45) is 0. The second kappa shape index (κ2) is 7.22. The number of methoxy groups -OCH3 is 3. The first-order valence-electron chi connectivity index (χ1n) is 6.46. The van der Waals surface area contributed by atoms with Crippen molar-refractivity contribution in [3.05, 3.63) is 46.4 Å². The summed E-state index contributed by atoms with van der Waals surface area (Å²) in [5.74, 6) is 2.43. The van der Waals surface area contributed by atoms with Gasteiger partial charge in [0.2, 0.25) is 0 Å². The first-order chi connectivity index (χ1) is 10.2. The highest BCUT2D eigenvalue weighted by atomic mass is 79.9. The number of benzene rings is 2. The second-order valence-electron chi connectivity index (χ2n) is 4.38. The largest absolute Gasteiger partial charge is 0.497 e. The van der Waals surface area contributed by atoms with Crippen LogP contribution in [0.3, 0.4) is 0 Å². The lowest BCUT2D eigenvalue weighted by atomic mass is 10.2. The van der Waals surface area contributed by atoms with Crippen LogP contribution in [0.25, 0.3) is 0 Å². The van der Waals surface area contributed by atoms with Crippen LogP contribution in [0, 0.1) is 0 Å². The van der Waals surface area contributed by atoms with Gasteiger partial charge in [-0.15, -0.1) is 0 Å². The van der Waals surface area contributed by atoms with Gasteiger partial charge in [0, 0.05) is 22.6 Å². The molecule has 0 aromatic heterocycles. The molecule has 0 atom stereocenters. The fourth-order valence-corrected chi connectivity index (χ4v) is 2.36. The molecule has 0 aliphatic rings. The summed E-state index contributed by atoms with van der Waals surface area (Å²) in [4.78, 5) is 0. The Hall–Kier alpha value is -1.88. The highest BCUT2D eigenvalue weighted by Crippen LogP contribution is 2.29. The van der Waals surface area contributed by atoms with Crippen LogP contribution in [-0.2, 0) is 6.54 Å². The maximum Gasteiger partial charge on any atom is 0.124 e. The first-order valence-corrected chi connectivity index (χ1v) is 7.25. The maximum atomic E-state index is 5.38. The Morgan fingerprint density at radius 3 is 2.24 bits per heavy atom. The van der Waals surface area contributed by atoms with Crippen LogP contribution in [0.5, 0.6) is 17.2 Å². The van der Waals surface area contributed by atoms with Crippen molar-refractivity contribution in [2.45, 2.75) is 6.54 Å². The molecule has 0 aliphatic carbocycles. The number of ether oxygens (including phenoxy) is 3. The first kappa shape index (κ1) is 15.5.